The minimum absolute atomic E-state index is 0.0923. The van der Waals surface area contributed by atoms with Crippen LogP contribution in [-0.2, 0) is 16.6 Å². The van der Waals surface area contributed by atoms with Gasteiger partial charge < -0.3 is 9.15 Å². The number of benzene rings is 1. The van der Waals surface area contributed by atoms with Crippen LogP contribution in [0.2, 0.25) is 0 Å². The van der Waals surface area contributed by atoms with Gasteiger partial charge in [0, 0.05) is 48.3 Å². The first-order valence-corrected chi connectivity index (χ1v) is 11.6. The maximum absolute atomic E-state index is 14.6. The van der Waals surface area contributed by atoms with E-state index in [4.69, 9.17) is 9.15 Å². The van der Waals surface area contributed by atoms with Crippen molar-refractivity contribution in [1.82, 2.24) is 14.7 Å². The summed E-state index contributed by atoms with van der Waals surface area (Å²) in [5.41, 5.74) is 1.08. The van der Waals surface area contributed by atoms with E-state index in [2.05, 4.69) is 19.4 Å². The maximum Gasteiger partial charge on any atom is 0.340 e. The average molecular weight is 477 g/mol. The van der Waals surface area contributed by atoms with Crippen molar-refractivity contribution < 1.29 is 22.0 Å². The molecule has 0 amide bonds. The number of nitrogens with one attached hydrogen (secondary N) is 2. The van der Waals surface area contributed by atoms with Gasteiger partial charge in [-0.25, -0.2) is 23.9 Å². The molecule has 4 rings (SSSR count). The van der Waals surface area contributed by atoms with E-state index >= 15 is 0 Å². The number of aryl methyl sites for hydroxylation is 1. The van der Waals surface area contributed by atoms with Gasteiger partial charge in [0.25, 0.3) is 15.4 Å². The van der Waals surface area contributed by atoms with Crippen LogP contribution in [0.1, 0.15) is 16.7 Å². The van der Waals surface area contributed by atoms with E-state index in [1.54, 1.807) is 18.4 Å². The number of nitrogens with zero attached hydrogens (tertiary/aromatic N) is 2. The molecule has 0 atom stereocenters. The Morgan fingerprint density at radius 1 is 1.22 bits per heavy atom. The fourth-order valence-corrected chi connectivity index (χ4v) is 4.05. The number of pyridine rings is 1. The van der Waals surface area contributed by atoms with Crippen LogP contribution in [0.15, 0.2) is 51.3 Å². The second-order valence-corrected chi connectivity index (χ2v) is 9.18. The molecule has 3 heterocycles. The molecule has 2 N–H and O–H groups in total. The molecule has 0 aliphatic heterocycles. The number of hydrogen-bond donors (Lipinski definition) is 2. The summed E-state index contributed by atoms with van der Waals surface area (Å²) in [6.07, 6.45) is 3.09. The number of ether oxygens (including phenoxy) is 1. The molecule has 32 heavy (non-hydrogen) atoms. The van der Waals surface area contributed by atoms with Crippen molar-refractivity contribution in [3.63, 3.8) is 0 Å². The monoisotopic (exact) mass is 476 g/mol. The van der Waals surface area contributed by atoms with Crippen LogP contribution in [0.25, 0.3) is 11.0 Å². The zero-order valence-corrected chi connectivity index (χ0v) is 18.5. The Labute approximate surface area is 186 Å². The zero-order chi connectivity index (χ0) is 22.9. The standard InChI is InChI=1S/C20H17FN4O5S2/c1-11-13-9-15(21)17(30-20-24-5-6-31-20)10-16(13)29-19(26)14(11)7-12-3-4-23-18(8-12)25-32(27,28)22-2/h3-6,8-10,22H,7H2,1-2H3,(H,23,25). The number of rotatable bonds is 7. The minimum atomic E-state index is -3.74. The largest absolute Gasteiger partial charge is 0.428 e. The summed E-state index contributed by atoms with van der Waals surface area (Å²) in [5.74, 6) is -0.628. The quantitative estimate of drug-likeness (QED) is 0.392. The molecule has 0 fully saturated rings. The number of aromatic nitrogens is 2. The molecular weight excluding hydrogens is 459 g/mol. The SMILES string of the molecule is CNS(=O)(=O)Nc1cc(Cc2c(C)c3cc(F)c(Oc4nccs4)cc3oc2=O)ccn1. The Hall–Kier alpha value is -3.35. The third-order valence-corrected chi connectivity index (χ3v) is 6.32. The first kappa shape index (κ1) is 21.9. The van der Waals surface area contributed by atoms with Crippen LogP contribution in [-0.4, -0.2) is 25.4 Å². The summed E-state index contributed by atoms with van der Waals surface area (Å²) in [6, 6.07) is 5.72. The molecule has 0 aliphatic carbocycles. The fraction of sp³-hybridized carbons (Fsp3) is 0.150. The second kappa shape index (κ2) is 8.65. The normalized spacial score (nSPS) is 11.6. The Morgan fingerprint density at radius 3 is 2.75 bits per heavy atom. The molecule has 166 valence electrons. The van der Waals surface area contributed by atoms with Crippen LogP contribution in [0.4, 0.5) is 10.2 Å². The number of fused-ring (bicyclic) bond motifs is 1. The lowest BCUT2D eigenvalue weighted by atomic mass is 10.00. The Kier molecular flexibility index (Phi) is 5.91. The summed E-state index contributed by atoms with van der Waals surface area (Å²) < 4.78 is 53.3. The highest BCUT2D eigenvalue weighted by atomic mass is 32.2. The van der Waals surface area contributed by atoms with Crippen LogP contribution < -0.4 is 19.8 Å². The van der Waals surface area contributed by atoms with E-state index in [1.807, 2.05) is 0 Å². The third kappa shape index (κ3) is 4.61. The van der Waals surface area contributed by atoms with E-state index in [0.29, 0.717) is 22.1 Å². The van der Waals surface area contributed by atoms with Crippen molar-refractivity contribution in [2.24, 2.45) is 0 Å². The van der Waals surface area contributed by atoms with Crippen LogP contribution in [0.5, 0.6) is 10.9 Å². The lowest BCUT2D eigenvalue weighted by Gasteiger charge is -2.11. The first-order valence-electron chi connectivity index (χ1n) is 9.25. The van der Waals surface area contributed by atoms with E-state index in [0.717, 1.165) is 0 Å². The van der Waals surface area contributed by atoms with Gasteiger partial charge in [-0.3, -0.25) is 4.72 Å². The molecule has 9 nitrogen and oxygen atoms in total. The number of anilines is 1. The highest BCUT2D eigenvalue weighted by Gasteiger charge is 2.17. The highest BCUT2D eigenvalue weighted by Crippen LogP contribution is 2.31. The van der Waals surface area contributed by atoms with Crippen molar-refractivity contribution in [2.75, 3.05) is 11.8 Å². The van der Waals surface area contributed by atoms with Gasteiger partial charge in [0.05, 0.1) is 0 Å². The smallest absolute Gasteiger partial charge is 0.340 e. The molecule has 0 spiro atoms. The van der Waals surface area contributed by atoms with Crippen molar-refractivity contribution in [2.45, 2.75) is 13.3 Å². The molecule has 0 bridgehead atoms. The van der Waals surface area contributed by atoms with Gasteiger partial charge in [0.15, 0.2) is 11.6 Å². The summed E-state index contributed by atoms with van der Waals surface area (Å²) >= 11 is 1.20. The molecular formula is C20H17FN4O5S2. The Balaban J connectivity index is 1.69. The summed E-state index contributed by atoms with van der Waals surface area (Å²) in [6.45, 7) is 1.70. The van der Waals surface area contributed by atoms with E-state index in [1.165, 1.54) is 49.0 Å². The van der Waals surface area contributed by atoms with E-state index in [9.17, 15) is 17.6 Å². The number of hydrogen-bond acceptors (Lipinski definition) is 8. The van der Waals surface area contributed by atoms with Crippen molar-refractivity contribution in [1.29, 1.82) is 0 Å². The average Bonchev–Trinajstić information content (AvgIpc) is 3.26. The minimum Gasteiger partial charge on any atom is -0.428 e. The fourth-order valence-electron chi connectivity index (χ4n) is 3.06. The molecule has 3 aromatic heterocycles. The van der Waals surface area contributed by atoms with Crippen molar-refractivity contribution in [3.8, 4) is 10.9 Å². The van der Waals surface area contributed by atoms with Crippen LogP contribution >= 0.6 is 11.3 Å². The van der Waals surface area contributed by atoms with Gasteiger partial charge in [0.1, 0.15) is 11.4 Å². The summed E-state index contributed by atoms with van der Waals surface area (Å²) in [5, 5.41) is 2.38. The molecule has 0 unspecified atom stereocenters. The maximum atomic E-state index is 14.6. The lowest BCUT2D eigenvalue weighted by Crippen LogP contribution is -2.26. The van der Waals surface area contributed by atoms with Gasteiger partial charge in [-0.2, -0.15) is 8.42 Å². The molecule has 0 saturated carbocycles. The van der Waals surface area contributed by atoms with Gasteiger partial charge in [-0.05, 0) is 36.2 Å². The van der Waals surface area contributed by atoms with E-state index < -0.39 is 21.7 Å². The van der Waals surface area contributed by atoms with E-state index in [-0.39, 0.29) is 28.8 Å². The molecule has 12 heteroatoms. The Bertz CT molecular complexity index is 1450. The highest BCUT2D eigenvalue weighted by molar-refractivity contribution is 7.90. The van der Waals surface area contributed by atoms with Gasteiger partial charge in [-0.15, -0.1) is 0 Å². The molecule has 4 aromatic rings. The zero-order valence-electron chi connectivity index (χ0n) is 16.9. The molecule has 0 saturated heterocycles. The number of halogens is 1. The predicted molar refractivity (Wildman–Crippen MR) is 118 cm³/mol. The topological polar surface area (TPSA) is 123 Å². The van der Waals surface area contributed by atoms with Crippen LogP contribution in [0.3, 0.4) is 0 Å². The lowest BCUT2D eigenvalue weighted by molar-refractivity contribution is 0.438. The molecule has 1 aromatic carbocycles. The molecule has 0 radical (unpaired) electrons. The van der Waals surface area contributed by atoms with Gasteiger partial charge in [-0.1, -0.05) is 11.3 Å². The predicted octanol–water partition coefficient (Wildman–Crippen LogP) is 3.35. The van der Waals surface area contributed by atoms with Crippen LogP contribution in [0, 0.1) is 12.7 Å². The third-order valence-electron chi connectivity index (χ3n) is 4.66. The van der Waals surface area contributed by atoms with Gasteiger partial charge >= 0.3 is 5.63 Å². The molecule has 0 aliphatic rings. The number of thiazole rings is 1. The van der Waals surface area contributed by atoms with Crippen molar-refractivity contribution in [3.05, 3.63) is 75.0 Å². The summed E-state index contributed by atoms with van der Waals surface area (Å²) in [4.78, 5) is 20.6. The van der Waals surface area contributed by atoms with Gasteiger partial charge in [0.2, 0.25) is 0 Å². The summed E-state index contributed by atoms with van der Waals surface area (Å²) in [7, 11) is -2.47. The first-order chi connectivity index (χ1) is 15.3. The Morgan fingerprint density at radius 2 is 2.03 bits per heavy atom. The van der Waals surface area contributed by atoms with Crippen molar-refractivity contribution >= 4 is 38.3 Å². The second-order valence-electron chi connectivity index (χ2n) is 6.71.